The van der Waals surface area contributed by atoms with Gasteiger partial charge in [0.1, 0.15) is 0 Å². The quantitative estimate of drug-likeness (QED) is 0.735. The largest absolute Gasteiger partial charge is 0.375 e. The summed E-state index contributed by atoms with van der Waals surface area (Å²) in [6, 6.07) is 0. The molecule has 6 nitrogen and oxygen atoms in total. The first kappa shape index (κ1) is 11.7. The molecule has 1 saturated heterocycles. The first-order chi connectivity index (χ1) is 7.78. The zero-order valence-electron chi connectivity index (χ0n) is 9.35. The zero-order chi connectivity index (χ0) is 11.4. The van der Waals surface area contributed by atoms with Crippen molar-refractivity contribution in [2.24, 2.45) is 0 Å². The minimum Gasteiger partial charge on any atom is -0.375 e. The molecule has 0 radical (unpaired) electrons. The maximum Gasteiger partial charge on any atom is 0.216 e. The van der Waals surface area contributed by atoms with Crippen LogP contribution in [0.4, 0.5) is 5.95 Å². The van der Waals surface area contributed by atoms with Crippen LogP contribution in [0.25, 0.3) is 0 Å². The predicted octanol–water partition coefficient (Wildman–Crippen LogP) is 0.200. The van der Waals surface area contributed by atoms with Crippen LogP contribution in [-0.2, 0) is 4.74 Å². The fraction of sp³-hybridized carbons (Fsp3) is 0.778. The van der Waals surface area contributed by atoms with E-state index in [4.69, 9.17) is 10.5 Å². The minimum atomic E-state index is 0.262. The standard InChI is InChI=1S/C9H17N5OS/c1-2-14-3-4-15-7(5-14)6-16-9-11-8(10)12-13-9/h7H,2-6H2,1H3,(H3,10,11,12,13). The first-order valence-electron chi connectivity index (χ1n) is 5.42. The van der Waals surface area contributed by atoms with Crippen LogP contribution in [0.3, 0.4) is 0 Å². The summed E-state index contributed by atoms with van der Waals surface area (Å²) in [5, 5.41) is 7.28. The van der Waals surface area contributed by atoms with Gasteiger partial charge in [0.05, 0.1) is 12.7 Å². The van der Waals surface area contributed by atoms with Crippen molar-refractivity contribution in [1.82, 2.24) is 20.1 Å². The van der Waals surface area contributed by atoms with Gasteiger partial charge in [0.25, 0.3) is 0 Å². The molecule has 1 atom stereocenters. The molecule has 3 N–H and O–H groups in total. The number of H-pyrrole nitrogens is 1. The van der Waals surface area contributed by atoms with E-state index in [1.807, 2.05) is 0 Å². The number of nitrogens with one attached hydrogen (secondary N) is 1. The fourth-order valence-corrected chi connectivity index (χ4v) is 2.47. The molecule has 2 rings (SSSR count). The Kier molecular flexibility index (Phi) is 4.03. The van der Waals surface area contributed by atoms with E-state index in [1.165, 1.54) is 0 Å². The molecule has 1 aromatic heterocycles. The molecule has 1 aliphatic rings. The van der Waals surface area contributed by atoms with Crippen LogP contribution in [-0.4, -0.2) is 58.2 Å². The SMILES string of the molecule is CCN1CCOC(CSc2n[nH]c(N)n2)C1. The summed E-state index contributed by atoms with van der Waals surface area (Å²) >= 11 is 1.58. The van der Waals surface area contributed by atoms with Crippen molar-refractivity contribution in [1.29, 1.82) is 0 Å². The minimum absolute atomic E-state index is 0.262. The first-order valence-corrected chi connectivity index (χ1v) is 6.41. The molecule has 16 heavy (non-hydrogen) atoms. The van der Waals surface area contributed by atoms with Crippen molar-refractivity contribution in [3.8, 4) is 0 Å². The Bertz CT molecular complexity index is 331. The summed E-state index contributed by atoms with van der Waals surface area (Å²) in [7, 11) is 0. The molecule has 0 aliphatic carbocycles. The van der Waals surface area contributed by atoms with Crippen molar-refractivity contribution in [2.75, 3.05) is 37.7 Å². The number of hydrogen-bond donors (Lipinski definition) is 2. The molecule has 1 fully saturated rings. The van der Waals surface area contributed by atoms with Gasteiger partial charge < -0.3 is 10.5 Å². The number of hydrogen-bond acceptors (Lipinski definition) is 6. The predicted molar refractivity (Wildman–Crippen MR) is 63.4 cm³/mol. The average molecular weight is 243 g/mol. The summed E-state index contributed by atoms with van der Waals surface area (Å²) in [4.78, 5) is 6.43. The zero-order valence-corrected chi connectivity index (χ0v) is 10.2. The van der Waals surface area contributed by atoms with Crippen LogP contribution < -0.4 is 5.73 Å². The van der Waals surface area contributed by atoms with Crippen LogP contribution >= 0.6 is 11.8 Å². The molecule has 0 spiro atoms. The van der Waals surface area contributed by atoms with E-state index >= 15 is 0 Å². The van der Waals surface area contributed by atoms with Crippen molar-refractivity contribution < 1.29 is 4.74 Å². The highest BCUT2D eigenvalue weighted by Gasteiger charge is 2.19. The van der Waals surface area contributed by atoms with Gasteiger partial charge in [-0.2, -0.15) is 4.98 Å². The normalized spacial score (nSPS) is 22.4. The second-order valence-electron chi connectivity index (χ2n) is 3.70. The Morgan fingerprint density at radius 3 is 3.25 bits per heavy atom. The highest BCUT2D eigenvalue weighted by molar-refractivity contribution is 7.99. The number of likely N-dealkylation sites (N-methyl/N-ethyl adjacent to an activating group) is 1. The van der Waals surface area contributed by atoms with E-state index < -0.39 is 0 Å². The summed E-state index contributed by atoms with van der Waals surface area (Å²) in [6.07, 6.45) is 0.262. The van der Waals surface area contributed by atoms with E-state index in [-0.39, 0.29) is 6.10 Å². The molecule has 1 aromatic rings. The Morgan fingerprint density at radius 1 is 1.69 bits per heavy atom. The van der Waals surface area contributed by atoms with Gasteiger partial charge in [-0.25, -0.2) is 5.10 Å². The highest BCUT2D eigenvalue weighted by Crippen LogP contribution is 2.17. The molecule has 7 heteroatoms. The molecule has 0 amide bonds. The van der Waals surface area contributed by atoms with Crippen LogP contribution in [0, 0.1) is 0 Å². The number of rotatable bonds is 4. The van der Waals surface area contributed by atoms with Crippen molar-refractivity contribution in [3.05, 3.63) is 0 Å². The van der Waals surface area contributed by atoms with Gasteiger partial charge in [0.15, 0.2) is 0 Å². The monoisotopic (exact) mass is 243 g/mol. The third-order valence-corrected chi connectivity index (χ3v) is 3.53. The Labute approximate surface area is 98.9 Å². The maximum absolute atomic E-state index is 5.68. The molecule has 90 valence electrons. The third kappa shape index (κ3) is 3.10. The highest BCUT2D eigenvalue weighted by atomic mass is 32.2. The molecule has 1 unspecified atom stereocenters. The molecule has 0 saturated carbocycles. The lowest BCUT2D eigenvalue weighted by Crippen LogP contribution is -2.43. The van der Waals surface area contributed by atoms with Gasteiger partial charge in [0, 0.05) is 18.8 Å². The van der Waals surface area contributed by atoms with E-state index in [2.05, 4.69) is 27.0 Å². The second kappa shape index (κ2) is 5.51. The lowest BCUT2D eigenvalue weighted by atomic mass is 10.3. The van der Waals surface area contributed by atoms with Crippen LogP contribution in [0.2, 0.25) is 0 Å². The van der Waals surface area contributed by atoms with Crippen molar-refractivity contribution in [3.63, 3.8) is 0 Å². The van der Waals surface area contributed by atoms with Crippen LogP contribution in [0.1, 0.15) is 6.92 Å². The second-order valence-corrected chi connectivity index (χ2v) is 4.69. The van der Waals surface area contributed by atoms with E-state index in [1.54, 1.807) is 11.8 Å². The summed E-state index contributed by atoms with van der Waals surface area (Å²) in [6.45, 7) is 6.09. The number of anilines is 1. The molecule has 0 aromatic carbocycles. The fourth-order valence-electron chi connectivity index (χ4n) is 1.66. The summed E-state index contributed by atoms with van der Waals surface area (Å²) < 4.78 is 5.68. The lowest BCUT2D eigenvalue weighted by Gasteiger charge is -2.31. The van der Waals surface area contributed by atoms with Gasteiger partial charge in [-0.3, -0.25) is 4.90 Å². The Balaban J connectivity index is 1.77. The summed E-state index contributed by atoms with van der Waals surface area (Å²) in [5.41, 5.74) is 5.45. The Morgan fingerprint density at radius 2 is 2.56 bits per heavy atom. The molecule has 1 aliphatic heterocycles. The van der Waals surface area contributed by atoms with Gasteiger partial charge in [0.2, 0.25) is 11.1 Å². The molecular formula is C9H17N5OS. The van der Waals surface area contributed by atoms with Crippen LogP contribution in [0.15, 0.2) is 5.16 Å². The van der Waals surface area contributed by atoms with Crippen molar-refractivity contribution >= 4 is 17.7 Å². The molecule has 0 bridgehead atoms. The molecular weight excluding hydrogens is 226 g/mol. The average Bonchev–Trinajstić information content (AvgIpc) is 2.73. The van der Waals surface area contributed by atoms with Gasteiger partial charge in [-0.05, 0) is 6.54 Å². The number of nitrogens with zero attached hydrogens (tertiary/aromatic N) is 3. The van der Waals surface area contributed by atoms with Gasteiger partial charge >= 0.3 is 0 Å². The third-order valence-electron chi connectivity index (χ3n) is 2.55. The van der Waals surface area contributed by atoms with Gasteiger partial charge in [-0.1, -0.05) is 18.7 Å². The van der Waals surface area contributed by atoms with E-state index in [0.717, 1.165) is 32.0 Å². The number of ether oxygens (including phenoxy) is 1. The van der Waals surface area contributed by atoms with Gasteiger partial charge in [-0.15, -0.1) is 5.10 Å². The number of aromatic amines is 1. The smallest absolute Gasteiger partial charge is 0.216 e. The maximum atomic E-state index is 5.68. The lowest BCUT2D eigenvalue weighted by molar-refractivity contribution is -0.0137. The number of thioether (sulfide) groups is 1. The topological polar surface area (TPSA) is 80.1 Å². The summed E-state index contributed by atoms with van der Waals surface area (Å²) in [5.74, 6) is 1.23. The Hall–Kier alpha value is -0.790. The van der Waals surface area contributed by atoms with E-state index in [9.17, 15) is 0 Å². The van der Waals surface area contributed by atoms with Crippen molar-refractivity contribution in [2.45, 2.75) is 18.2 Å². The van der Waals surface area contributed by atoms with E-state index in [0.29, 0.717) is 11.1 Å². The number of aromatic nitrogens is 3. The number of nitrogens with two attached hydrogens (primary N) is 1. The number of nitrogen functional groups attached to an aromatic ring is 1. The number of morpholine rings is 1. The molecule has 2 heterocycles. The van der Waals surface area contributed by atoms with Crippen LogP contribution in [0.5, 0.6) is 0 Å².